The Hall–Kier alpha value is -0.380. The van der Waals surface area contributed by atoms with E-state index in [0.717, 1.165) is 4.47 Å². The molecule has 0 spiro atoms. The summed E-state index contributed by atoms with van der Waals surface area (Å²) in [5.74, 6) is -0.0573. The molecule has 0 saturated carbocycles. The maximum atomic E-state index is 11.6. The molecule has 82 valence electrons. The lowest BCUT2D eigenvalue weighted by Crippen LogP contribution is -2.13. The minimum Gasteiger partial charge on any atom is -0.371 e. The molecule has 15 heavy (non-hydrogen) atoms. The second-order valence-corrected chi connectivity index (χ2v) is 4.67. The van der Waals surface area contributed by atoms with Crippen molar-refractivity contribution in [3.8, 4) is 0 Å². The molecule has 1 aromatic rings. The van der Waals surface area contributed by atoms with Crippen molar-refractivity contribution >= 4 is 33.3 Å². The van der Waals surface area contributed by atoms with Crippen LogP contribution in [-0.2, 0) is 4.74 Å². The maximum absolute atomic E-state index is 11.6. The zero-order chi connectivity index (χ0) is 11.4. The van der Waals surface area contributed by atoms with Crippen molar-refractivity contribution in [3.63, 3.8) is 0 Å². The zero-order valence-electron chi connectivity index (χ0n) is 8.59. The van der Waals surface area contributed by atoms with Crippen LogP contribution in [0.3, 0.4) is 0 Å². The van der Waals surface area contributed by atoms with Gasteiger partial charge in [0, 0.05) is 10.0 Å². The van der Waals surface area contributed by atoms with Crippen LogP contribution in [0, 0.1) is 0 Å². The molecule has 1 rings (SSSR count). The first-order valence-corrected chi connectivity index (χ1v) is 5.77. The molecule has 0 aliphatic rings. The van der Waals surface area contributed by atoms with Crippen molar-refractivity contribution in [2.45, 2.75) is 20.0 Å². The molecular formula is C11H12BrClO2. The fourth-order valence-electron chi connectivity index (χ4n) is 0.995. The average molecular weight is 292 g/mol. The monoisotopic (exact) mass is 290 g/mol. The Bertz CT molecular complexity index is 364. The Kier molecular flexibility index (Phi) is 4.77. The molecule has 0 fully saturated rings. The molecule has 4 heteroatoms. The molecule has 0 radical (unpaired) electrons. The lowest BCUT2D eigenvalue weighted by Gasteiger charge is -2.07. The minimum absolute atomic E-state index is 0.0554. The van der Waals surface area contributed by atoms with E-state index in [1.807, 2.05) is 13.8 Å². The van der Waals surface area contributed by atoms with Gasteiger partial charge < -0.3 is 4.74 Å². The topological polar surface area (TPSA) is 26.3 Å². The number of benzene rings is 1. The van der Waals surface area contributed by atoms with Gasteiger partial charge in [-0.2, -0.15) is 0 Å². The van der Waals surface area contributed by atoms with Crippen LogP contribution in [0.1, 0.15) is 24.2 Å². The quantitative estimate of drug-likeness (QED) is 0.791. The van der Waals surface area contributed by atoms with E-state index in [1.165, 1.54) is 0 Å². The van der Waals surface area contributed by atoms with Gasteiger partial charge in [-0.1, -0.05) is 17.7 Å². The summed E-state index contributed by atoms with van der Waals surface area (Å²) in [6.45, 7) is 3.87. The second kappa shape index (κ2) is 5.64. The van der Waals surface area contributed by atoms with Gasteiger partial charge in [0.1, 0.15) is 6.61 Å². The Morgan fingerprint density at radius 2 is 2.20 bits per heavy atom. The molecule has 0 bridgehead atoms. The molecular weight excluding hydrogens is 279 g/mol. The number of hydrogen-bond donors (Lipinski definition) is 0. The third-order valence-electron chi connectivity index (χ3n) is 1.79. The molecule has 0 heterocycles. The molecule has 0 aromatic heterocycles. The number of carbonyl (C=O) groups is 1. The fourth-order valence-corrected chi connectivity index (χ4v) is 1.42. The largest absolute Gasteiger partial charge is 0.371 e. The summed E-state index contributed by atoms with van der Waals surface area (Å²) in [4.78, 5) is 11.6. The van der Waals surface area contributed by atoms with Crippen molar-refractivity contribution in [2.24, 2.45) is 0 Å². The number of halogens is 2. The Labute approximate surface area is 103 Å². The van der Waals surface area contributed by atoms with Gasteiger partial charge in [-0.15, -0.1) is 0 Å². The molecule has 0 aliphatic carbocycles. The first-order valence-electron chi connectivity index (χ1n) is 4.60. The number of ether oxygens (including phenoxy) is 1. The minimum atomic E-state index is -0.0573. The van der Waals surface area contributed by atoms with Gasteiger partial charge in [0.2, 0.25) is 0 Å². The SMILES string of the molecule is CC(C)OCC(=O)c1ccc(Br)c(Cl)c1. The van der Waals surface area contributed by atoms with Crippen LogP contribution in [0.25, 0.3) is 0 Å². The highest BCUT2D eigenvalue weighted by atomic mass is 79.9. The van der Waals surface area contributed by atoms with E-state index in [4.69, 9.17) is 16.3 Å². The lowest BCUT2D eigenvalue weighted by molar-refractivity contribution is 0.0585. The summed E-state index contributed by atoms with van der Waals surface area (Å²) in [6, 6.07) is 5.12. The van der Waals surface area contributed by atoms with Crippen molar-refractivity contribution in [2.75, 3.05) is 6.61 Å². The number of ketones is 1. The zero-order valence-corrected chi connectivity index (χ0v) is 10.9. The van der Waals surface area contributed by atoms with Crippen LogP contribution in [0.15, 0.2) is 22.7 Å². The van der Waals surface area contributed by atoms with E-state index in [0.29, 0.717) is 10.6 Å². The smallest absolute Gasteiger partial charge is 0.188 e. The molecule has 0 amide bonds. The predicted molar refractivity (Wildman–Crippen MR) is 64.6 cm³/mol. The summed E-state index contributed by atoms with van der Waals surface area (Å²) in [7, 11) is 0. The van der Waals surface area contributed by atoms with Gasteiger partial charge >= 0.3 is 0 Å². The first kappa shape index (κ1) is 12.7. The Morgan fingerprint density at radius 3 is 2.73 bits per heavy atom. The molecule has 0 unspecified atom stereocenters. The fraction of sp³-hybridized carbons (Fsp3) is 0.364. The van der Waals surface area contributed by atoms with Gasteiger partial charge in [0.15, 0.2) is 5.78 Å². The summed E-state index contributed by atoms with van der Waals surface area (Å²) in [5.41, 5.74) is 0.573. The average Bonchev–Trinajstić information content (AvgIpc) is 2.18. The van der Waals surface area contributed by atoms with Crippen LogP contribution >= 0.6 is 27.5 Å². The van der Waals surface area contributed by atoms with Gasteiger partial charge in [0.25, 0.3) is 0 Å². The third kappa shape index (κ3) is 3.93. The Balaban J connectivity index is 2.70. The van der Waals surface area contributed by atoms with E-state index in [-0.39, 0.29) is 18.5 Å². The van der Waals surface area contributed by atoms with Gasteiger partial charge in [-0.05, 0) is 41.9 Å². The summed E-state index contributed by atoms with van der Waals surface area (Å²) in [5, 5.41) is 0.533. The standard InChI is InChI=1S/C11H12BrClO2/c1-7(2)15-6-11(14)8-3-4-9(12)10(13)5-8/h3-5,7H,6H2,1-2H3. The van der Waals surface area contributed by atoms with Crippen molar-refractivity contribution in [1.29, 1.82) is 0 Å². The van der Waals surface area contributed by atoms with E-state index in [9.17, 15) is 4.79 Å². The maximum Gasteiger partial charge on any atom is 0.188 e. The predicted octanol–water partition coefficient (Wildman–Crippen LogP) is 3.71. The summed E-state index contributed by atoms with van der Waals surface area (Å²) >= 11 is 9.15. The molecule has 0 atom stereocenters. The van der Waals surface area contributed by atoms with Crippen molar-refractivity contribution in [3.05, 3.63) is 33.3 Å². The van der Waals surface area contributed by atoms with Gasteiger partial charge in [0.05, 0.1) is 11.1 Å². The van der Waals surface area contributed by atoms with E-state index < -0.39 is 0 Å². The molecule has 0 N–H and O–H groups in total. The molecule has 2 nitrogen and oxygen atoms in total. The van der Waals surface area contributed by atoms with Crippen LogP contribution in [-0.4, -0.2) is 18.5 Å². The van der Waals surface area contributed by atoms with Crippen molar-refractivity contribution in [1.82, 2.24) is 0 Å². The summed E-state index contributed by atoms with van der Waals surface area (Å²) in [6.07, 6.45) is 0.0554. The third-order valence-corrected chi connectivity index (χ3v) is 3.02. The van der Waals surface area contributed by atoms with Crippen LogP contribution in [0.2, 0.25) is 5.02 Å². The number of Topliss-reactive ketones (excluding diaryl/α,β-unsaturated/α-hetero) is 1. The number of carbonyl (C=O) groups excluding carboxylic acids is 1. The second-order valence-electron chi connectivity index (χ2n) is 3.41. The highest BCUT2D eigenvalue weighted by Crippen LogP contribution is 2.23. The highest BCUT2D eigenvalue weighted by Gasteiger charge is 2.08. The lowest BCUT2D eigenvalue weighted by atomic mass is 10.1. The normalized spacial score (nSPS) is 10.7. The van der Waals surface area contributed by atoms with E-state index in [2.05, 4.69) is 15.9 Å². The molecule has 0 aliphatic heterocycles. The number of rotatable bonds is 4. The van der Waals surface area contributed by atoms with E-state index in [1.54, 1.807) is 18.2 Å². The summed E-state index contributed by atoms with van der Waals surface area (Å²) < 4.78 is 6.01. The van der Waals surface area contributed by atoms with Gasteiger partial charge in [-0.3, -0.25) is 4.79 Å². The number of hydrogen-bond acceptors (Lipinski definition) is 2. The Morgan fingerprint density at radius 1 is 1.53 bits per heavy atom. The molecule has 1 aromatic carbocycles. The van der Waals surface area contributed by atoms with Crippen LogP contribution in [0.4, 0.5) is 0 Å². The highest BCUT2D eigenvalue weighted by molar-refractivity contribution is 9.10. The first-order chi connectivity index (χ1) is 7.00. The van der Waals surface area contributed by atoms with E-state index >= 15 is 0 Å². The molecule has 0 saturated heterocycles. The van der Waals surface area contributed by atoms with Gasteiger partial charge in [-0.25, -0.2) is 0 Å². The van der Waals surface area contributed by atoms with Crippen LogP contribution < -0.4 is 0 Å². The van der Waals surface area contributed by atoms with Crippen molar-refractivity contribution < 1.29 is 9.53 Å². The van der Waals surface area contributed by atoms with Crippen LogP contribution in [0.5, 0.6) is 0 Å².